The molecule has 0 radical (unpaired) electrons. The van der Waals surface area contributed by atoms with Crippen LogP contribution in [0.4, 0.5) is 14.9 Å². The number of hydrogen-bond donors (Lipinski definition) is 2. The zero-order valence-corrected chi connectivity index (χ0v) is 17.8. The molecule has 1 heterocycles. The fraction of sp³-hybridized carbons (Fsp3) is 0.182. The summed E-state index contributed by atoms with van der Waals surface area (Å²) in [4.78, 5) is 42.8. The number of rotatable bonds is 5. The van der Waals surface area contributed by atoms with Crippen LogP contribution in [-0.2, 0) is 9.59 Å². The Bertz CT molecular complexity index is 1040. The number of halogens is 1. The predicted molar refractivity (Wildman–Crippen MR) is 120 cm³/mol. The topological polar surface area (TPSA) is 90.9 Å². The van der Waals surface area contributed by atoms with E-state index in [1.807, 2.05) is 30.3 Å². The molecule has 3 rings (SSSR count). The van der Waals surface area contributed by atoms with E-state index < -0.39 is 28.9 Å². The van der Waals surface area contributed by atoms with E-state index in [9.17, 15) is 18.8 Å². The number of carbonyl (C=O) groups excluding carboxylic acids is 3. The van der Waals surface area contributed by atoms with E-state index in [2.05, 4.69) is 15.6 Å². The molecule has 0 bridgehead atoms. The molecule has 2 aromatic rings. The number of thioether (sulfide) groups is 1. The maximum atomic E-state index is 13.4. The average molecular weight is 441 g/mol. The van der Waals surface area contributed by atoms with Gasteiger partial charge in [-0.1, -0.05) is 42.1 Å². The SMILES string of the molecule is CCNC(=O)NC(=O)[C@@H](C)SC1=N/C(=C\c2ccccc2)C(=O)N1c1ccc(F)cc1. The first kappa shape index (κ1) is 22.2. The van der Waals surface area contributed by atoms with E-state index in [1.54, 1.807) is 19.9 Å². The molecule has 1 aliphatic heterocycles. The molecule has 0 fully saturated rings. The molecule has 31 heavy (non-hydrogen) atoms. The maximum Gasteiger partial charge on any atom is 0.321 e. The van der Waals surface area contributed by atoms with Crippen molar-refractivity contribution in [3.05, 3.63) is 71.7 Å². The molecule has 7 nitrogen and oxygen atoms in total. The van der Waals surface area contributed by atoms with Gasteiger partial charge in [0.05, 0.1) is 10.9 Å². The number of urea groups is 1. The third-order valence-electron chi connectivity index (χ3n) is 4.24. The molecule has 2 N–H and O–H groups in total. The minimum absolute atomic E-state index is 0.189. The monoisotopic (exact) mass is 440 g/mol. The van der Waals surface area contributed by atoms with Gasteiger partial charge in [0.2, 0.25) is 5.91 Å². The lowest BCUT2D eigenvalue weighted by molar-refractivity contribution is -0.119. The van der Waals surface area contributed by atoms with Crippen LogP contribution < -0.4 is 15.5 Å². The summed E-state index contributed by atoms with van der Waals surface area (Å²) in [6.07, 6.45) is 1.64. The Hall–Kier alpha value is -3.46. The van der Waals surface area contributed by atoms with E-state index in [0.29, 0.717) is 12.2 Å². The van der Waals surface area contributed by atoms with Gasteiger partial charge in [0.15, 0.2) is 5.17 Å². The van der Waals surface area contributed by atoms with E-state index in [1.165, 1.54) is 29.2 Å². The summed E-state index contributed by atoms with van der Waals surface area (Å²) in [5.41, 5.74) is 1.40. The van der Waals surface area contributed by atoms with Gasteiger partial charge in [0.1, 0.15) is 11.5 Å². The Morgan fingerprint density at radius 3 is 2.48 bits per heavy atom. The normalized spacial score (nSPS) is 15.6. The van der Waals surface area contributed by atoms with Crippen LogP contribution in [0.2, 0.25) is 0 Å². The molecule has 4 amide bonds. The molecule has 1 atom stereocenters. The molecule has 9 heteroatoms. The number of anilines is 1. The Morgan fingerprint density at radius 1 is 1.16 bits per heavy atom. The number of amides is 4. The van der Waals surface area contributed by atoms with Crippen LogP contribution in [0.25, 0.3) is 6.08 Å². The molecule has 0 saturated heterocycles. The van der Waals surface area contributed by atoms with Crippen molar-refractivity contribution in [2.75, 3.05) is 11.4 Å². The van der Waals surface area contributed by atoms with E-state index in [-0.39, 0.29) is 10.9 Å². The Kier molecular flexibility index (Phi) is 7.19. The van der Waals surface area contributed by atoms with Gasteiger partial charge in [-0.05, 0) is 49.8 Å². The number of nitrogens with one attached hydrogen (secondary N) is 2. The lowest BCUT2D eigenvalue weighted by Gasteiger charge is -2.19. The van der Waals surface area contributed by atoms with Gasteiger partial charge < -0.3 is 5.32 Å². The van der Waals surface area contributed by atoms with Crippen molar-refractivity contribution in [3.63, 3.8) is 0 Å². The van der Waals surface area contributed by atoms with Gasteiger partial charge in [0, 0.05) is 6.54 Å². The summed E-state index contributed by atoms with van der Waals surface area (Å²) in [7, 11) is 0. The fourth-order valence-corrected chi connectivity index (χ4v) is 3.66. The van der Waals surface area contributed by atoms with Crippen molar-refractivity contribution in [1.82, 2.24) is 10.6 Å². The standard InChI is InChI=1S/C22H21FN4O3S/c1-3-24-21(30)26-19(28)14(2)31-22-25-18(13-15-7-5-4-6-8-15)20(29)27(22)17-11-9-16(23)10-12-17/h4-14H,3H2,1-2H3,(H2,24,26,28,30)/b18-13-/t14-/m1/s1. The smallest absolute Gasteiger partial charge is 0.321 e. The van der Waals surface area contributed by atoms with Gasteiger partial charge in [-0.3, -0.25) is 19.8 Å². The van der Waals surface area contributed by atoms with Gasteiger partial charge in [-0.15, -0.1) is 0 Å². The second-order valence-corrected chi connectivity index (χ2v) is 7.87. The maximum absolute atomic E-state index is 13.4. The summed E-state index contributed by atoms with van der Waals surface area (Å²) in [6.45, 7) is 3.73. The van der Waals surface area contributed by atoms with E-state index in [0.717, 1.165) is 17.3 Å². The number of imide groups is 1. The average Bonchev–Trinajstić information content (AvgIpc) is 3.04. The fourth-order valence-electron chi connectivity index (χ4n) is 2.73. The van der Waals surface area contributed by atoms with Crippen molar-refractivity contribution >= 4 is 46.5 Å². The molecular weight excluding hydrogens is 419 g/mol. The quantitative estimate of drug-likeness (QED) is 0.696. The largest absolute Gasteiger partial charge is 0.338 e. The third-order valence-corrected chi connectivity index (χ3v) is 5.30. The van der Waals surface area contributed by atoms with Gasteiger partial charge in [-0.25, -0.2) is 14.2 Å². The molecular formula is C22H21FN4O3S. The van der Waals surface area contributed by atoms with Crippen LogP contribution in [0.3, 0.4) is 0 Å². The van der Waals surface area contributed by atoms with Crippen molar-refractivity contribution in [3.8, 4) is 0 Å². The molecule has 0 aromatic heterocycles. The zero-order chi connectivity index (χ0) is 22.4. The highest BCUT2D eigenvalue weighted by atomic mass is 32.2. The summed E-state index contributed by atoms with van der Waals surface area (Å²) in [5.74, 6) is -1.35. The zero-order valence-electron chi connectivity index (χ0n) is 17.0. The predicted octanol–water partition coefficient (Wildman–Crippen LogP) is 3.54. The molecule has 1 aliphatic rings. The molecule has 0 unspecified atom stereocenters. The lowest BCUT2D eigenvalue weighted by atomic mass is 10.2. The number of hydrogen-bond acceptors (Lipinski definition) is 5. The molecule has 0 aliphatic carbocycles. The number of aliphatic imine (C=N–C) groups is 1. The van der Waals surface area contributed by atoms with Crippen LogP contribution in [0, 0.1) is 5.82 Å². The van der Waals surface area contributed by atoms with Crippen molar-refractivity contribution < 1.29 is 18.8 Å². The minimum atomic E-state index is -0.715. The number of nitrogens with zero attached hydrogens (tertiary/aromatic N) is 2. The van der Waals surface area contributed by atoms with E-state index >= 15 is 0 Å². The first-order valence-corrected chi connectivity index (χ1v) is 10.5. The molecule has 0 saturated carbocycles. The van der Waals surface area contributed by atoms with Gasteiger partial charge >= 0.3 is 6.03 Å². The van der Waals surface area contributed by atoms with Crippen molar-refractivity contribution in [1.29, 1.82) is 0 Å². The van der Waals surface area contributed by atoms with Crippen LogP contribution >= 0.6 is 11.8 Å². The second-order valence-electron chi connectivity index (χ2n) is 6.56. The molecule has 0 spiro atoms. The summed E-state index contributed by atoms with van der Waals surface area (Å²) < 4.78 is 13.4. The van der Waals surface area contributed by atoms with Crippen molar-refractivity contribution in [2.45, 2.75) is 19.1 Å². The van der Waals surface area contributed by atoms with Crippen molar-refractivity contribution in [2.24, 2.45) is 4.99 Å². The Balaban J connectivity index is 1.88. The van der Waals surface area contributed by atoms with Crippen LogP contribution in [0.5, 0.6) is 0 Å². The highest BCUT2D eigenvalue weighted by Gasteiger charge is 2.34. The highest BCUT2D eigenvalue weighted by molar-refractivity contribution is 8.15. The number of amidine groups is 1. The van der Waals surface area contributed by atoms with Crippen LogP contribution in [-0.4, -0.2) is 34.8 Å². The first-order valence-electron chi connectivity index (χ1n) is 9.60. The molecule has 160 valence electrons. The summed E-state index contributed by atoms with van der Waals surface area (Å²) in [5, 5.41) is 4.28. The third kappa shape index (κ3) is 5.58. The number of carbonyl (C=O) groups is 3. The summed E-state index contributed by atoms with van der Waals surface area (Å²) in [6, 6.07) is 14.1. The summed E-state index contributed by atoms with van der Waals surface area (Å²) >= 11 is 1.03. The van der Waals surface area contributed by atoms with Crippen LogP contribution in [0.1, 0.15) is 19.4 Å². The molecule has 2 aromatic carbocycles. The van der Waals surface area contributed by atoms with Gasteiger partial charge in [0.25, 0.3) is 5.91 Å². The first-order chi connectivity index (χ1) is 14.9. The number of benzene rings is 2. The van der Waals surface area contributed by atoms with Gasteiger partial charge in [-0.2, -0.15) is 0 Å². The lowest BCUT2D eigenvalue weighted by Crippen LogP contribution is -2.43. The Morgan fingerprint density at radius 2 is 1.84 bits per heavy atom. The second kappa shape index (κ2) is 10.0. The Labute approximate surface area is 183 Å². The highest BCUT2D eigenvalue weighted by Crippen LogP contribution is 2.31. The minimum Gasteiger partial charge on any atom is -0.338 e. The van der Waals surface area contributed by atoms with Crippen LogP contribution in [0.15, 0.2) is 65.3 Å². The van der Waals surface area contributed by atoms with E-state index in [4.69, 9.17) is 0 Å².